The van der Waals surface area contributed by atoms with Crippen LogP contribution < -0.4 is 15.5 Å². The molecular formula is C26H22F3N5O4S2. The van der Waals surface area contributed by atoms with Crippen molar-refractivity contribution < 1.29 is 32.7 Å². The van der Waals surface area contributed by atoms with Gasteiger partial charge in [-0.3, -0.25) is 4.79 Å². The van der Waals surface area contributed by atoms with Crippen molar-refractivity contribution in [3.8, 4) is 0 Å². The minimum Gasteiger partial charge on any atom is -0.478 e. The maximum absolute atomic E-state index is 13.3. The first-order valence-electron chi connectivity index (χ1n) is 11.6. The van der Waals surface area contributed by atoms with Gasteiger partial charge in [-0.15, -0.1) is 0 Å². The van der Waals surface area contributed by atoms with Crippen molar-refractivity contribution in [2.75, 3.05) is 15.5 Å². The highest BCUT2D eigenvalue weighted by Crippen LogP contribution is 2.39. The first-order valence-corrected chi connectivity index (χ1v) is 12.9. The Morgan fingerprint density at radius 3 is 2.42 bits per heavy atom. The quantitative estimate of drug-likeness (QED) is 0.175. The Morgan fingerprint density at radius 1 is 1.07 bits per heavy atom. The Labute approximate surface area is 236 Å². The molecule has 1 aliphatic heterocycles. The van der Waals surface area contributed by atoms with Gasteiger partial charge in [-0.2, -0.15) is 13.2 Å². The number of nitrogens with zero attached hydrogens (tertiary/aromatic N) is 3. The lowest BCUT2D eigenvalue weighted by Gasteiger charge is -2.27. The SMILES string of the molecule is CC1(C)C(=O)N(c2ccc(SC(F)(F)F)cc2)C(=O)N1Cc1ccnc(NC(=S)Nc2cccc(C(=O)O)c2)c1. The number of imide groups is 1. The van der Waals surface area contributed by atoms with Crippen molar-refractivity contribution in [1.82, 2.24) is 9.88 Å². The fraction of sp³-hybridized carbons (Fsp3) is 0.192. The van der Waals surface area contributed by atoms with Gasteiger partial charge in [0.15, 0.2) is 5.11 Å². The maximum Gasteiger partial charge on any atom is 0.446 e. The summed E-state index contributed by atoms with van der Waals surface area (Å²) in [7, 11) is 0. The highest BCUT2D eigenvalue weighted by atomic mass is 32.2. The lowest BCUT2D eigenvalue weighted by molar-refractivity contribution is -0.123. The van der Waals surface area contributed by atoms with Crippen LogP contribution in [0.25, 0.3) is 0 Å². The molecule has 4 rings (SSSR count). The van der Waals surface area contributed by atoms with E-state index in [0.717, 1.165) is 4.90 Å². The van der Waals surface area contributed by atoms with Crippen molar-refractivity contribution in [2.45, 2.75) is 36.3 Å². The van der Waals surface area contributed by atoms with Crippen molar-refractivity contribution >= 4 is 64.2 Å². The summed E-state index contributed by atoms with van der Waals surface area (Å²) < 4.78 is 38.0. The number of nitrogens with one attached hydrogen (secondary N) is 2. The van der Waals surface area contributed by atoms with E-state index in [-0.39, 0.29) is 39.6 Å². The number of thiocarbonyl (C=S) groups is 1. The van der Waals surface area contributed by atoms with Crippen LogP contribution in [0.5, 0.6) is 0 Å². The number of pyridine rings is 1. The van der Waals surface area contributed by atoms with E-state index in [1.54, 1.807) is 38.1 Å². The van der Waals surface area contributed by atoms with Crippen LogP contribution >= 0.6 is 24.0 Å². The van der Waals surface area contributed by atoms with Crippen LogP contribution in [0.15, 0.2) is 71.8 Å². The van der Waals surface area contributed by atoms with Gasteiger partial charge in [0, 0.05) is 23.3 Å². The maximum atomic E-state index is 13.3. The van der Waals surface area contributed by atoms with E-state index in [4.69, 9.17) is 17.3 Å². The molecule has 0 radical (unpaired) electrons. The van der Waals surface area contributed by atoms with Gasteiger partial charge in [-0.05, 0) is 98.0 Å². The Kier molecular flexibility index (Phi) is 8.03. The lowest BCUT2D eigenvalue weighted by atomic mass is 10.0. The van der Waals surface area contributed by atoms with Gasteiger partial charge >= 0.3 is 17.5 Å². The molecule has 0 bridgehead atoms. The fourth-order valence-corrected chi connectivity index (χ4v) is 4.72. The summed E-state index contributed by atoms with van der Waals surface area (Å²) >= 11 is 5.02. The molecule has 0 atom stereocenters. The summed E-state index contributed by atoms with van der Waals surface area (Å²) in [5.41, 5.74) is -4.35. The molecule has 3 aromatic rings. The first-order chi connectivity index (χ1) is 18.7. The Morgan fingerprint density at radius 2 is 1.77 bits per heavy atom. The van der Waals surface area contributed by atoms with Crippen LogP contribution in [0.2, 0.25) is 0 Å². The number of carboxylic acid groups (broad SMARTS) is 1. The number of carboxylic acids is 1. The number of alkyl halides is 3. The standard InChI is InChI=1S/C26H22F3N5O4S2/c1-25(2)22(37)34(18-6-8-19(9-7-18)40-26(27,28)29)24(38)33(25)14-15-10-11-30-20(12-15)32-23(39)31-17-5-3-4-16(13-17)21(35)36/h3-13H,14H2,1-2H3,(H,35,36)(H2,30,31,32,39). The summed E-state index contributed by atoms with van der Waals surface area (Å²) in [4.78, 5) is 44.2. The number of hydrogen-bond donors (Lipinski definition) is 3. The molecule has 2 aromatic carbocycles. The highest BCUT2D eigenvalue weighted by Gasteiger charge is 2.51. The van der Waals surface area contributed by atoms with Gasteiger partial charge in [-0.1, -0.05) is 6.07 Å². The normalized spacial score (nSPS) is 14.8. The van der Waals surface area contributed by atoms with Crippen molar-refractivity contribution in [2.24, 2.45) is 0 Å². The van der Waals surface area contributed by atoms with Gasteiger partial charge in [-0.25, -0.2) is 19.5 Å². The number of thioether (sulfide) groups is 1. The second kappa shape index (κ2) is 11.1. The zero-order chi connectivity index (χ0) is 29.2. The van der Waals surface area contributed by atoms with Crippen molar-refractivity contribution in [1.29, 1.82) is 0 Å². The van der Waals surface area contributed by atoms with Gasteiger partial charge in [0.25, 0.3) is 5.91 Å². The molecule has 2 heterocycles. The second-order valence-electron chi connectivity index (χ2n) is 9.12. The second-order valence-corrected chi connectivity index (χ2v) is 10.7. The molecule has 40 heavy (non-hydrogen) atoms. The summed E-state index contributed by atoms with van der Waals surface area (Å²) in [5.74, 6) is -1.25. The van der Waals surface area contributed by atoms with E-state index in [9.17, 15) is 27.6 Å². The number of aromatic nitrogens is 1. The number of urea groups is 1. The van der Waals surface area contributed by atoms with E-state index in [1.807, 2.05) is 0 Å². The molecule has 1 aromatic heterocycles. The number of aromatic carboxylic acids is 1. The van der Waals surface area contributed by atoms with E-state index >= 15 is 0 Å². The molecule has 9 nitrogen and oxygen atoms in total. The summed E-state index contributed by atoms with van der Waals surface area (Å²) in [6, 6.07) is 13.8. The molecule has 0 unspecified atom stereocenters. The molecule has 1 saturated heterocycles. The average Bonchev–Trinajstić information content (AvgIpc) is 3.03. The Balaban J connectivity index is 1.47. The number of carbonyl (C=O) groups excluding carboxylic acids is 2. The van der Waals surface area contributed by atoms with E-state index < -0.39 is 29.0 Å². The highest BCUT2D eigenvalue weighted by molar-refractivity contribution is 8.00. The number of rotatable bonds is 7. The molecule has 0 aliphatic carbocycles. The third kappa shape index (κ3) is 6.51. The lowest BCUT2D eigenvalue weighted by Crippen LogP contribution is -2.43. The third-order valence-corrected chi connectivity index (χ3v) is 6.87. The van der Waals surface area contributed by atoms with Crippen LogP contribution in [-0.2, 0) is 11.3 Å². The molecule has 14 heteroatoms. The van der Waals surface area contributed by atoms with E-state index in [2.05, 4.69) is 15.6 Å². The number of amides is 3. The van der Waals surface area contributed by atoms with Gasteiger partial charge < -0.3 is 20.6 Å². The van der Waals surface area contributed by atoms with Crippen LogP contribution in [0.4, 0.5) is 35.2 Å². The molecular weight excluding hydrogens is 567 g/mol. The van der Waals surface area contributed by atoms with Crippen molar-refractivity contribution in [3.63, 3.8) is 0 Å². The summed E-state index contributed by atoms with van der Waals surface area (Å²) in [6.45, 7) is 3.21. The molecule has 3 amide bonds. The van der Waals surface area contributed by atoms with Gasteiger partial charge in [0.05, 0.1) is 11.3 Å². The van der Waals surface area contributed by atoms with E-state index in [1.165, 1.54) is 47.5 Å². The largest absolute Gasteiger partial charge is 0.478 e. The van der Waals surface area contributed by atoms with Gasteiger partial charge in [0.1, 0.15) is 11.4 Å². The zero-order valence-corrected chi connectivity index (χ0v) is 22.7. The van der Waals surface area contributed by atoms with E-state index in [0.29, 0.717) is 17.1 Å². The van der Waals surface area contributed by atoms with Crippen LogP contribution in [0.3, 0.4) is 0 Å². The summed E-state index contributed by atoms with van der Waals surface area (Å²) in [5, 5.41) is 15.1. The minimum absolute atomic E-state index is 0.0358. The molecule has 1 aliphatic rings. The molecule has 0 saturated carbocycles. The monoisotopic (exact) mass is 589 g/mol. The number of halogens is 3. The smallest absolute Gasteiger partial charge is 0.446 e. The number of benzene rings is 2. The summed E-state index contributed by atoms with van der Waals surface area (Å²) in [6.07, 6.45) is 1.50. The van der Waals surface area contributed by atoms with Crippen LogP contribution in [-0.4, -0.2) is 49.1 Å². The minimum atomic E-state index is -4.46. The van der Waals surface area contributed by atoms with Crippen LogP contribution in [0.1, 0.15) is 29.8 Å². The molecule has 208 valence electrons. The third-order valence-electron chi connectivity index (χ3n) is 5.93. The number of hydrogen-bond acceptors (Lipinski definition) is 6. The van der Waals surface area contributed by atoms with Crippen LogP contribution in [0, 0.1) is 0 Å². The fourth-order valence-electron chi connectivity index (χ4n) is 3.96. The first kappa shape index (κ1) is 28.8. The Bertz CT molecular complexity index is 1480. The molecule has 0 spiro atoms. The number of anilines is 3. The zero-order valence-electron chi connectivity index (χ0n) is 21.0. The van der Waals surface area contributed by atoms with Crippen molar-refractivity contribution in [3.05, 3.63) is 78.0 Å². The molecule has 3 N–H and O–H groups in total. The average molecular weight is 590 g/mol. The predicted molar refractivity (Wildman–Crippen MR) is 148 cm³/mol. The van der Waals surface area contributed by atoms with Gasteiger partial charge in [0.2, 0.25) is 0 Å². The topological polar surface area (TPSA) is 115 Å². The predicted octanol–water partition coefficient (Wildman–Crippen LogP) is 5.95. The Hall–Kier alpha value is -4.17. The molecule has 1 fully saturated rings. The number of carbonyl (C=O) groups is 3.